The van der Waals surface area contributed by atoms with Crippen molar-refractivity contribution < 1.29 is 22.3 Å². The highest BCUT2D eigenvalue weighted by molar-refractivity contribution is 5.60. The average molecular weight is 505 g/mol. The first kappa shape index (κ1) is 24.5. The molecule has 1 aromatic carbocycles. The first-order valence-electron chi connectivity index (χ1n) is 12.1. The third-order valence-electron chi connectivity index (χ3n) is 7.02. The van der Waals surface area contributed by atoms with Gasteiger partial charge in [-0.2, -0.15) is 13.2 Å². The van der Waals surface area contributed by atoms with Gasteiger partial charge in [-0.1, -0.05) is 0 Å². The molecule has 2 saturated heterocycles. The molecule has 2 aliphatic heterocycles. The molecule has 0 saturated carbocycles. The maximum absolute atomic E-state index is 13.9. The molecule has 0 spiro atoms. The number of imidazole rings is 1. The highest BCUT2D eigenvalue weighted by atomic mass is 19.4. The number of alkyl halides is 3. The molecular formula is C25H28F4N6O. The molecule has 5 rings (SSSR count). The summed E-state index contributed by atoms with van der Waals surface area (Å²) in [5.41, 5.74) is -0.585. The van der Waals surface area contributed by atoms with Crippen LogP contribution in [-0.4, -0.2) is 64.3 Å². The summed E-state index contributed by atoms with van der Waals surface area (Å²) in [6, 6.07) is 3.08. The zero-order chi connectivity index (χ0) is 25.3. The van der Waals surface area contributed by atoms with Crippen LogP contribution in [0, 0.1) is 5.82 Å². The Hall–Kier alpha value is -3.21. The molecule has 0 N–H and O–H groups in total. The van der Waals surface area contributed by atoms with Gasteiger partial charge in [0.2, 0.25) is 0 Å². The van der Waals surface area contributed by atoms with Gasteiger partial charge in [0.05, 0.1) is 24.6 Å². The van der Waals surface area contributed by atoms with Gasteiger partial charge in [0, 0.05) is 43.9 Å². The minimum Gasteiger partial charge on any atom is -0.491 e. The molecule has 0 atom stereocenters. The molecular weight excluding hydrogens is 476 g/mol. The summed E-state index contributed by atoms with van der Waals surface area (Å²) in [6.07, 6.45) is 2.98. The second kappa shape index (κ2) is 10.0. The maximum Gasteiger partial charge on any atom is 0.419 e. The van der Waals surface area contributed by atoms with E-state index >= 15 is 0 Å². The number of halogens is 4. The van der Waals surface area contributed by atoms with Crippen molar-refractivity contribution in [3.05, 3.63) is 54.1 Å². The molecule has 0 aliphatic carbocycles. The molecule has 36 heavy (non-hydrogen) atoms. The van der Waals surface area contributed by atoms with Gasteiger partial charge in [-0.15, -0.1) is 0 Å². The molecule has 4 heterocycles. The zero-order valence-corrected chi connectivity index (χ0v) is 20.0. The van der Waals surface area contributed by atoms with Gasteiger partial charge in [0.1, 0.15) is 18.0 Å². The van der Waals surface area contributed by atoms with Gasteiger partial charge in [0.15, 0.2) is 11.6 Å². The van der Waals surface area contributed by atoms with E-state index in [9.17, 15) is 17.6 Å². The second-order valence-corrected chi connectivity index (χ2v) is 9.24. The lowest BCUT2D eigenvalue weighted by Crippen LogP contribution is -2.39. The predicted molar refractivity (Wildman–Crippen MR) is 126 cm³/mol. The van der Waals surface area contributed by atoms with Gasteiger partial charge >= 0.3 is 6.18 Å². The molecule has 0 amide bonds. The van der Waals surface area contributed by atoms with Gasteiger partial charge in [0.25, 0.3) is 0 Å². The molecule has 2 aliphatic rings. The monoisotopic (exact) mass is 504 g/mol. The predicted octanol–water partition coefficient (Wildman–Crippen LogP) is 4.60. The quantitative estimate of drug-likeness (QED) is 0.439. The van der Waals surface area contributed by atoms with E-state index < -0.39 is 17.6 Å². The fourth-order valence-electron chi connectivity index (χ4n) is 4.87. The van der Waals surface area contributed by atoms with Crippen molar-refractivity contribution in [1.29, 1.82) is 0 Å². The van der Waals surface area contributed by atoms with E-state index in [1.807, 2.05) is 6.20 Å². The van der Waals surface area contributed by atoms with E-state index in [0.717, 1.165) is 69.3 Å². The SMILES string of the molecule is COc1cncnc1N1CCC(c2nc(-c3ccc(F)c(C(F)(F)F)c3)cn2CCN2CCC2)CC1. The molecule has 7 nitrogen and oxygen atoms in total. The normalized spacial score (nSPS) is 17.3. The van der Waals surface area contributed by atoms with Crippen LogP contribution in [0.15, 0.2) is 36.9 Å². The van der Waals surface area contributed by atoms with Crippen LogP contribution in [0.2, 0.25) is 0 Å². The van der Waals surface area contributed by atoms with Crippen molar-refractivity contribution in [2.24, 2.45) is 0 Å². The number of likely N-dealkylation sites (tertiary alicyclic amines) is 1. The molecule has 2 fully saturated rings. The summed E-state index contributed by atoms with van der Waals surface area (Å²) in [6.45, 7) is 5.15. The zero-order valence-electron chi connectivity index (χ0n) is 20.0. The Kier molecular flexibility index (Phi) is 6.83. The third kappa shape index (κ3) is 5.02. The Morgan fingerprint density at radius 2 is 1.86 bits per heavy atom. The van der Waals surface area contributed by atoms with Gasteiger partial charge in [-0.25, -0.2) is 19.3 Å². The van der Waals surface area contributed by atoms with Crippen molar-refractivity contribution in [2.75, 3.05) is 44.7 Å². The molecule has 192 valence electrons. The van der Waals surface area contributed by atoms with Crippen molar-refractivity contribution in [3.63, 3.8) is 0 Å². The third-order valence-corrected chi connectivity index (χ3v) is 7.02. The Morgan fingerprint density at radius 1 is 1.08 bits per heavy atom. The van der Waals surface area contributed by atoms with Gasteiger partial charge in [-0.05, 0) is 50.6 Å². The van der Waals surface area contributed by atoms with E-state index in [0.29, 0.717) is 18.0 Å². The van der Waals surface area contributed by atoms with E-state index in [-0.39, 0.29) is 11.5 Å². The second-order valence-electron chi connectivity index (χ2n) is 9.24. The number of nitrogens with zero attached hydrogens (tertiary/aromatic N) is 6. The molecule has 2 aromatic heterocycles. The Bertz CT molecular complexity index is 1200. The number of aromatic nitrogens is 4. The van der Waals surface area contributed by atoms with Crippen LogP contribution in [0.4, 0.5) is 23.4 Å². The maximum atomic E-state index is 13.9. The topological polar surface area (TPSA) is 59.3 Å². The largest absolute Gasteiger partial charge is 0.491 e. The molecule has 0 unspecified atom stereocenters. The van der Waals surface area contributed by atoms with E-state index in [2.05, 4.69) is 24.3 Å². The fraction of sp³-hybridized carbons (Fsp3) is 0.480. The van der Waals surface area contributed by atoms with E-state index in [1.54, 1.807) is 13.3 Å². The van der Waals surface area contributed by atoms with Gasteiger partial charge < -0.3 is 19.1 Å². The van der Waals surface area contributed by atoms with Crippen molar-refractivity contribution in [1.82, 2.24) is 24.4 Å². The van der Waals surface area contributed by atoms with Crippen molar-refractivity contribution >= 4 is 5.82 Å². The van der Waals surface area contributed by atoms with Crippen molar-refractivity contribution in [2.45, 2.75) is 37.9 Å². The van der Waals surface area contributed by atoms with Crippen LogP contribution in [0.5, 0.6) is 5.75 Å². The minimum absolute atomic E-state index is 0.141. The molecule has 0 radical (unpaired) electrons. The number of piperidine rings is 1. The number of rotatable bonds is 7. The number of ether oxygens (including phenoxy) is 1. The lowest BCUT2D eigenvalue weighted by molar-refractivity contribution is -0.139. The molecule has 11 heteroatoms. The molecule has 0 bridgehead atoms. The summed E-state index contributed by atoms with van der Waals surface area (Å²) >= 11 is 0. The van der Waals surface area contributed by atoms with Crippen LogP contribution >= 0.6 is 0 Å². The first-order valence-corrected chi connectivity index (χ1v) is 12.1. The fourth-order valence-corrected chi connectivity index (χ4v) is 4.87. The first-order chi connectivity index (χ1) is 17.3. The van der Waals surface area contributed by atoms with Crippen LogP contribution in [0.3, 0.4) is 0 Å². The Labute approximate surface area is 206 Å². The van der Waals surface area contributed by atoms with Gasteiger partial charge in [-0.3, -0.25) is 0 Å². The van der Waals surface area contributed by atoms with E-state index in [1.165, 1.54) is 18.8 Å². The lowest BCUT2D eigenvalue weighted by atomic mass is 9.95. The Morgan fingerprint density at radius 3 is 2.53 bits per heavy atom. The highest BCUT2D eigenvalue weighted by Gasteiger charge is 2.35. The minimum atomic E-state index is -4.77. The lowest BCUT2D eigenvalue weighted by Gasteiger charge is -2.34. The standard InChI is InChI=1S/C25H28F4N6O/c1-36-22-14-30-16-31-24(22)34-9-5-17(6-10-34)23-32-21(15-35(23)12-11-33-7-2-8-33)18-3-4-20(26)19(13-18)25(27,28)29/h3-4,13-17H,2,5-12H2,1H3. The summed E-state index contributed by atoms with van der Waals surface area (Å²) in [4.78, 5) is 17.7. The number of anilines is 1. The summed E-state index contributed by atoms with van der Waals surface area (Å²) in [7, 11) is 1.59. The van der Waals surface area contributed by atoms with Crippen molar-refractivity contribution in [3.8, 4) is 17.0 Å². The number of hydrogen-bond acceptors (Lipinski definition) is 6. The smallest absolute Gasteiger partial charge is 0.419 e. The number of benzene rings is 1. The summed E-state index contributed by atoms with van der Waals surface area (Å²) in [5.74, 6) is 1.08. The highest BCUT2D eigenvalue weighted by Crippen LogP contribution is 2.36. The number of methoxy groups -OCH3 is 1. The summed E-state index contributed by atoms with van der Waals surface area (Å²) in [5, 5.41) is 0. The Balaban J connectivity index is 1.40. The molecule has 3 aromatic rings. The van der Waals surface area contributed by atoms with E-state index in [4.69, 9.17) is 9.72 Å². The van der Waals surface area contributed by atoms with Crippen LogP contribution < -0.4 is 9.64 Å². The summed E-state index contributed by atoms with van der Waals surface area (Å²) < 4.78 is 61.3. The van der Waals surface area contributed by atoms with Crippen LogP contribution in [-0.2, 0) is 12.7 Å². The van der Waals surface area contributed by atoms with Crippen LogP contribution in [0.1, 0.15) is 36.6 Å². The van der Waals surface area contributed by atoms with Crippen LogP contribution in [0.25, 0.3) is 11.3 Å². The average Bonchev–Trinajstić information content (AvgIpc) is 3.27. The number of hydrogen-bond donors (Lipinski definition) is 0.